The van der Waals surface area contributed by atoms with E-state index in [1.165, 1.54) is 0 Å². The highest BCUT2D eigenvalue weighted by Crippen LogP contribution is 2.31. The van der Waals surface area contributed by atoms with Crippen LogP contribution >= 0.6 is 11.6 Å². The lowest BCUT2D eigenvalue weighted by Crippen LogP contribution is -2.26. The predicted octanol–water partition coefficient (Wildman–Crippen LogP) is 3.00. The maximum absolute atomic E-state index is 10.6. The lowest BCUT2D eigenvalue weighted by molar-refractivity contribution is -0.137. The van der Waals surface area contributed by atoms with Crippen molar-refractivity contribution in [3.05, 3.63) is 28.8 Å². The minimum atomic E-state index is -0.792. The molecule has 1 unspecified atom stereocenters. The lowest BCUT2D eigenvalue weighted by Gasteiger charge is -2.22. The van der Waals surface area contributed by atoms with Crippen molar-refractivity contribution < 1.29 is 14.6 Å². The minimum Gasteiger partial charge on any atom is -0.497 e. The van der Waals surface area contributed by atoms with E-state index in [1.807, 2.05) is 37.9 Å². The molecular formula is C15H22ClNO3. The SMILES string of the molecule is COc1cc(C)c(C(Cl)CN(C)CCC(=O)O)c(C)c1. The highest BCUT2D eigenvalue weighted by atomic mass is 35.5. The highest BCUT2D eigenvalue weighted by Gasteiger charge is 2.17. The molecule has 0 spiro atoms. The largest absolute Gasteiger partial charge is 0.497 e. The van der Waals surface area contributed by atoms with Gasteiger partial charge < -0.3 is 14.7 Å². The number of aryl methyl sites for hydroxylation is 2. The van der Waals surface area contributed by atoms with Crippen LogP contribution in [0.4, 0.5) is 0 Å². The van der Waals surface area contributed by atoms with Gasteiger partial charge in [0.05, 0.1) is 18.9 Å². The third kappa shape index (κ3) is 4.69. The molecule has 4 nitrogen and oxygen atoms in total. The highest BCUT2D eigenvalue weighted by molar-refractivity contribution is 6.21. The molecule has 1 rings (SSSR count). The van der Waals surface area contributed by atoms with E-state index < -0.39 is 5.97 Å². The van der Waals surface area contributed by atoms with Gasteiger partial charge in [-0.05, 0) is 49.7 Å². The van der Waals surface area contributed by atoms with Crippen LogP contribution in [0, 0.1) is 13.8 Å². The second kappa shape index (κ2) is 7.50. The van der Waals surface area contributed by atoms with Crippen molar-refractivity contribution in [3.8, 4) is 5.75 Å². The number of nitrogens with zero attached hydrogens (tertiary/aromatic N) is 1. The Balaban J connectivity index is 2.77. The van der Waals surface area contributed by atoms with Gasteiger partial charge in [0.1, 0.15) is 5.75 Å². The molecule has 0 bridgehead atoms. The summed E-state index contributed by atoms with van der Waals surface area (Å²) in [5, 5.41) is 8.52. The third-order valence-corrected chi connectivity index (χ3v) is 3.65. The quantitative estimate of drug-likeness (QED) is 0.786. The summed E-state index contributed by atoms with van der Waals surface area (Å²) in [5.74, 6) is 0.0339. The van der Waals surface area contributed by atoms with Crippen molar-refractivity contribution >= 4 is 17.6 Å². The second-order valence-electron chi connectivity index (χ2n) is 5.05. The minimum absolute atomic E-state index is 0.126. The maximum atomic E-state index is 10.6. The molecule has 0 aliphatic carbocycles. The number of benzene rings is 1. The molecule has 0 saturated carbocycles. The first-order chi connectivity index (χ1) is 9.35. The molecule has 0 aromatic heterocycles. The zero-order chi connectivity index (χ0) is 15.3. The summed E-state index contributed by atoms with van der Waals surface area (Å²) in [7, 11) is 3.53. The van der Waals surface area contributed by atoms with Crippen molar-refractivity contribution in [2.24, 2.45) is 0 Å². The number of alkyl halides is 1. The fraction of sp³-hybridized carbons (Fsp3) is 0.533. The normalized spacial score (nSPS) is 12.5. The van der Waals surface area contributed by atoms with Crippen molar-refractivity contribution in [1.82, 2.24) is 4.90 Å². The zero-order valence-corrected chi connectivity index (χ0v) is 13.2. The topological polar surface area (TPSA) is 49.8 Å². The van der Waals surface area contributed by atoms with Gasteiger partial charge in [-0.15, -0.1) is 11.6 Å². The average molecular weight is 300 g/mol. The molecule has 0 saturated heterocycles. The summed E-state index contributed by atoms with van der Waals surface area (Å²) < 4.78 is 5.24. The van der Waals surface area contributed by atoms with Gasteiger partial charge in [0.25, 0.3) is 0 Å². The maximum Gasteiger partial charge on any atom is 0.304 e. The molecule has 0 radical (unpaired) electrons. The van der Waals surface area contributed by atoms with Crippen molar-refractivity contribution in [2.75, 3.05) is 27.2 Å². The number of hydrogen-bond donors (Lipinski definition) is 1. The van der Waals surface area contributed by atoms with Crippen LogP contribution in [0.2, 0.25) is 0 Å². The molecule has 1 atom stereocenters. The van der Waals surface area contributed by atoms with Crippen molar-refractivity contribution in [2.45, 2.75) is 25.6 Å². The molecule has 5 heteroatoms. The molecule has 0 amide bonds. The van der Waals surface area contributed by atoms with Crippen LogP contribution in [0.1, 0.15) is 28.5 Å². The van der Waals surface area contributed by atoms with E-state index in [9.17, 15) is 4.79 Å². The van der Waals surface area contributed by atoms with Crippen LogP contribution in [0.5, 0.6) is 5.75 Å². The van der Waals surface area contributed by atoms with Crippen molar-refractivity contribution in [1.29, 1.82) is 0 Å². The lowest BCUT2D eigenvalue weighted by atomic mass is 9.99. The number of carboxylic acid groups (broad SMARTS) is 1. The van der Waals surface area contributed by atoms with Gasteiger partial charge in [-0.2, -0.15) is 0 Å². The summed E-state index contributed by atoms with van der Waals surface area (Å²) in [5.41, 5.74) is 3.27. The smallest absolute Gasteiger partial charge is 0.304 e. The Morgan fingerprint density at radius 2 is 1.95 bits per heavy atom. The van der Waals surface area contributed by atoms with E-state index in [0.29, 0.717) is 13.1 Å². The van der Waals surface area contributed by atoms with Crippen LogP contribution < -0.4 is 4.74 Å². The molecule has 112 valence electrons. The van der Waals surface area contributed by atoms with Gasteiger partial charge in [-0.1, -0.05) is 0 Å². The summed E-state index contributed by atoms with van der Waals surface area (Å²) in [4.78, 5) is 12.5. The predicted molar refractivity (Wildman–Crippen MR) is 80.8 cm³/mol. The van der Waals surface area contributed by atoms with E-state index in [1.54, 1.807) is 7.11 Å². The summed E-state index contributed by atoms with van der Waals surface area (Å²) in [6, 6.07) is 3.93. The molecule has 1 aromatic rings. The Hall–Kier alpha value is -1.26. The number of carboxylic acids is 1. The molecular weight excluding hydrogens is 278 g/mol. The number of methoxy groups -OCH3 is 1. The summed E-state index contributed by atoms with van der Waals surface area (Å²) in [6.45, 7) is 5.13. The summed E-state index contributed by atoms with van der Waals surface area (Å²) in [6.07, 6.45) is 0.126. The van der Waals surface area contributed by atoms with Gasteiger partial charge in [0, 0.05) is 13.1 Å². The molecule has 20 heavy (non-hydrogen) atoms. The number of aliphatic carboxylic acids is 1. The van der Waals surface area contributed by atoms with Crippen LogP contribution in [-0.4, -0.2) is 43.2 Å². The van der Waals surface area contributed by atoms with Gasteiger partial charge in [0.15, 0.2) is 0 Å². The van der Waals surface area contributed by atoms with Gasteiger partial charge in [-0.3, -0.25) is 4.79 Å². The number of carbonyl (C=O) groups is 1. The number of ether oxygens (including phenoxy) is 1. The number of hydrogen-bond acceptors (Lipinski definition) is 3. The van der Waals surface area contributed by atoms with E-state index >= 15 is 0 Å². The molecule has 0 heterocycles. The monoisotopic (exact) mass is 299 g/mol. The first-order valence-electron chi connectivity index (χ1n) is 6.54. The number of rotatable bonds is 7. The fourth-order valence-corrected chi connectivity index (χ4v) is 2.87. The van der Waals surface area contributed by atoms with E-state index in [-0.39, 0.29) is 11.8 Å². The van der Waals surface area contributed by atoms with E-state index in [2.05, 4.69) is 0 Å². The van der Waals surface area contributed by atoms with Crippen LogP contribution in [0.3, 0.4) is 0 Å². The first-order valence-corrected chi connectivity index (χ1v) is 6.98. The van der Waals surface area contributed by atoms with Crippen LogP contribution in [-0.2, 0) is 4.79 Å². The Morgan fingerprint density at radius 3 is 2.40 bits per heavy atom. The average Bonchev–Trinajstić information content (AvgIpc) is 2.35. The third-order valence-electron chi connectivity index (χ3n) is 3.30. The molecule has 0 aliphatic heterocycles. The van der Waals surface area contributed by atoms with E-state index in [0.717, 1.165) is 22.4 Å². The molecule has 1 N–H and O–H groups in total. The Labute approximate surface area is 125 Å². The molecule has 0 aliphatic rings. The zero-order valence-electron chi connectivity index (χ0n) is 12.4. The van der Waals surface area contributed by atoms with Gasteiger partial charge >= 0.3 is 5.97 Å². The Bertz CT molecular complexity index is 453. The van der Waals surface area contributed by atoms with Crippen LogP contribution in [0.25, 0.3) is 0 Å². The Morgan fingerprint density at radius 1 is 1.40 bits per heavy atom. The molecule has 0 fully saturated rings. The standard InChI is InChI=1S/C15H22ClNO3/c1-10-7-12(20-4)8-11(2)15(10)13(16)9-17(3)6-5-14(18)19/h7-8,13H,5-6,9H2,1-4H3,(H,18,19). The Kier molecular flexibility index (Phi) is 6.30. The number of likely N-dealkylation sites (N-methyl/N-ethyl adjacent to an activating group) is 1. The number of halogens is 1. The van der Waals surface area contributed by atoms with Gasteiger partial charge in [-0.25, -0.2) is 0 Å². The van der Waals surface area contributed by atoms with Crippen molar-refractivity contribution in [3.63, 3.8) is 0 Å². The summed E-state index contributed by atoms with van der Waals surface area (Å²) >= 11 is 6.49. The second-order valence-corrected chi connectivity index (χ2v) is 5.58. The van der Waals surface area contributed by atoms with Crippen LogP contribution in [0.15, 0.2) is 12.1 Å². The first kappa shape index (κ1) is 16.8. The fourth-order valence-electron chi connectivity index (χ4n) is 2.29. The molecule has 1 aromatic carbocycles. The van der Waals surface area contributed by atoms with Gasteiger partial charge in [0.2, 0.25) is 0 Å². The van der Waals surface area contributed by atoms with E-state index in [4.69, 9.17) is 21.4 Å².